The minimum absolute atomic E-state index is 0.289. The van der Waals surface area contributed by atoms with Gasteiger partial charge in [0.1, 0.15) is 23.8 Å². The van der Waals surface area contributed by atoms with E-state index >= 15 is 0 Å². The number of ether oxygens (including phenoxy) is 2. The Morgan fingerprint density at radius 1 is 1.12 bits per heavy atom. The largest absolute Gasteiger partial charge is 0.497 e. The molecule has 2 heterocycles. The van der Waals surface area contributed by atoms with Gasteiger partial charge in [-0.1, -0.05) is 6.07 Å². The van der Waals surface area contributed by atoms with Crippen LogP contribution in [0.4, 0.5) is 0 Å². The zero-order valence-corrected chi connectivity index (χ0v) is 15.9. The Labute approximate surface area is 153 Å². The van der Waals surface area contributed by atoms with Crippen LogP contribution in [0.15, 0.2) is 30.3 Å². The first-order chi connectivity index (χ1) is 12.5. The minimum atomic E-state index is 0.289. The molecule has 0 amide bonds. The number of hydrogen-bond donors (Lipinski definition) is 0. The third-order valence-electron chi connectivity index (χ3n) is 4.06. The van der Waals surface area contributed by atoms with E-state index in [2.05, 4.69) is 36.0 Å². The van der Waals surface area contributed by atoms with Gasteiger partial charge in [-0.05, 0) is 45.9 Å². The molecule has 0 aliphatic carbocycles. The lowest BCUT2D eigenvalue weighted by atomic mass is 10.3. The quantitative estimate of drug-likeness (QED) is 0.647. The minimum Gasteiger partial charge on any atom is -0.497 e. The van der Waals surface area contributed by atoms with E-state index in [1.54, 1.807) is 7.11 Å². The van der Waals surface area contributed by atoms with Crippen molar-refractivity contribution in [2.75, 3.05) is 7.11 Å². The molecule has 2 aromatic heterocycles. The number of rotatable bonds is 7. The molecular weight excluding hydrogens is 330 g/mol. The Hall–Kier alpha value is -2.83. The third-order valence-corrected chi connectivity index (χ3v) is 4.06. The van der Waals surface area contributed by atoms with Crippen LogP contribution in [0.1, 0.15) is 38.3 Å². The summed E-state index contributed by atoms with van der Waals surface area (Å²) in [7, 11) is 1.63. The summed E-state index contributed by atoms with van der Waals surface area (Å²) in [6.45, 7) is 9.32. The maximum absolute atomic E-state index is 5.81. The maximum Gasteiger partial charge on any atom is 0.188 e. The lowest BCUT2D eigenvalue weighted by Crippen LogP contribution is -2.05. The third kappa shape index (κ3) is 3.71. The average Bonchev–Trinajstić information content (AvgIpc) is 3.23. The van der Waals surface area contributed by atoms with Gasteiger partial charge in [0.15, 0.2) is 11.6 Å². The van der Waals surface area contributed by atoms with E-state index < -0.39 is 0 Å². The van der Waals surface area contributed by atoms with Crippen molar-refractivity contribution in [3.63, 3.8) is 0 Å². The molecule has 3 aromatic rings. The Morgan fingerprint density at radius 2 is 1.88 bits per heavy atom. The molecule has 0 unspecified atom stereocenters. The number of nitrogens with zero attached hydrogens (tertiary/aromatic N) is 5. The smallest absolute Gasteiger partial charge is 0.188 e. The molecule has 0 aliphatic rings. The van der Waals surface area contributed by atoms with Gasteiger partial charge in [-0.3, -0.25) is 4.68 Å². The van der Waals surface area contributed by atoms with Crippen molar-refractivity contribution in [2.45, 2.75) is 46.9 Å². The van der Waals surface area contributed by atoms with Gasteiger partial charge in [0, 0.05) is 24.3 Å². The highest BCUT2D eigenvalue weighted by molar-refractivity contribution is 5.50. The van der Waals surface area contributed by atoms with Gasteiger partial charge in [0.05, 0.1) is 7.11 Å². The van der Waals surface area contributed by atoms with E-state index in [4.69, 9.17) is 9.47 Å². The molecule has 0 atom stereocenters. The number of aromatic nitrogens is 5. The summed E-state index contributed by atoms with van der Waals surface area (Å²) >= 11 is 0. The van der Waals surface area contributed by atoms with Crippen LogP contribution in [0.3, 0.4) is 0 Å². The van der Waals surface area contributed by atoms with Crippen molar-refractivity contribution >= 4 is 0 Å². The Bertz CT molecular complexity index is 882. The topological polar surface area (TPSA) is 67.0 Å². The second kappa shape index (κ2) is 7.59. The number of methoxy groups -OCH3 is 1. The first-order valence-electron chi connectivity index (χ1n) is 8.79. The van der Waals surface area contributed by atoms with Crippen LogP contribution >= 0.6 is 0 Å². The van der Waals surface area contributed by atoms with Gasteiger partial charge in [-0.15, -0.1) is 0 Å². The van der Waals surface area contributed by atoms with Crippen molar-refractivity contribution in [2.24, 2.45) is 0 Å². The number of aryl methyl sites for hydroxylation is 2. The van der Waals surface area contributed by atoms with Gasteiger partial charge in [-0.2, -0.15) is 10.2 Å². The van der Waals surface area contributed by atoms with Gasteiger partial charge in [-0.25, -0.2) is 9.67 Å². The SMILES string of the molecule is CCn1nc(COc2cccc(OC)c2)nc1-c1cc(C)n(C(C)C)n1. The van der Waals surface area contributed by atoms with Crippen LogP contribution in [-0.4, -0.2) is 31.7 Å². The van der Waals surface area contributed by atoms with Gasteiger partial charge >= 0.3 is 0 Å². The standard InChI is InChI=1S/C19H25N5O2/c1-6-23-19(17-10-14(4)24(21-17)13(2)3)20-18(22-23)12-26-16-9-7-8-15(11-16)25-5/h7-11,13H,6,12H2,1-5H3. The fourth-order valence-corrected chi connectivity index (χ4v) is 2.82. The highest BCUT2D eigenvalue weighted by atomic mass is 16.5. The molecule has 0 bridgehead atoms. The summed E-state index contributed by atoms with van der Waals surface area (Å²) in [5.74, 6) is 2.87. The van der Waals surface area contributed by atoms with Crippen molar-refractivity contribution in [3.8, 4) is 23.0 Å². The first kappa shape index (κ1) is 18.0. The van der Waals surface area contributed by atoms with Crippen LogP contribution in [0, 0.1) is 6.92 Å². The van der Waals surface area contributed by atoms with Gasteiger partial charge in [0.25, 0.3) is 0 Å². The van der Waals surface area contributed by atoms with Crippen molar-refractivity contribution in [3.05, 3.63) is 41.9 Å². The van der Waals surface area contributed by atoms with Gasteiger partial charge in [0.2, 0.25) is 0 Å². The molecule has 7 nitrogen and oxygen atoms in total. The lowest BCUT2D eigenvalue weighted by molar-refractivity contribution is 0.293. The zero-order valence-electron chi connectivity index (χ0n) is 15.9. The molecule has 26 heavy (non-hydrogen) atoms. The van der Waals surface area contributed by atoms with Gasteiger partial charge < -0.3 is 9.47 Å². The Kier molecular flexibility index (Phi) is 5.25. The summed E-state index contributed by atoms with van der Waals surface area (Å²) in [4.78, 5) is 4.64. The normalized spacial score (nSPS) is 11.2. The van der Waals surface area contributed by atoms with E-state index in [0.717, 1.165) is 35.3 Å². The fourth-order valence-electron chi connectivity index (χ4n) is 2.82. The molecule has 1 aromatic carbocycles. The van der Waals surface area contributed by atoms with Crippen LogP contribution in [0.25, 0.3) is 11.5 Å². The first-order valence-corrected chi connectivity index (χ1v) is 8.79. The fraction of sp³-hybridized carbons (Fsp3) is 0.421. The number of hydrogen-bond acceptors (Lipinski definition) is 5. The average molecular weight is 355 g/mol. The zero-order chi connectivity index (χ0) is 18.7. The second-order valence-corrected chi connectivity index (χ2v) is 6.34. The molecular formula is C19H25N5O2. The number of benzene rings is 1. The molecule has 0 spiro atoms. The Balaban J connectivity index is 1.81. The van der Waals surface area contributed by atoms with E-state index in [-0.39, 0.29) is 6.61 Å². The molecule has 0 saturated heterocycles. The van der Waals surface area contributed by atoms with E-state index in [9.17, 15) is 0 Å². The molecule has 0 aliphatic heterocycles. The van der Waals surface area contributed by atoms with E-state index in [1.165, 1.54) is 0 Å². The second-order valence-electron chi connectivity index (χ2n) is 6.34. The van der Waals surface area contributed by atoms with Crippen molar-refractivity contribution < 1.29 is 9.47 Å². The summed E-state index contributed by atoms with van der Waals surface area (Å²) in [6.07, 6.45) is 0. The molecule has 0 radical (unpaired) electrons. The summed E-state index contributed by atoms with van der Waals surface area (Å²) in [5.41, 5.74) is 1.94. The molecule has 3 rings (SSSR count). The van der Waals surface area contributed by atoms with Crippen molar-refractivity contribution in [1.82, 2.24) is 24.5 Å². The van der Waals surface area contributed by atoms with Crippen LogP contribution in [0.2, 0.25) is 0 Å². The maximum atomic E-state index is 5.81. The lowest BCUT2D eigenvalue weighted by Gasteiger charge is -2.06. The highest BCUT2D eigenvalue weighted by Gasteiger charge is 2.16. The molecule has 0 fully saturated rings. The molecule has 7 heteroatoms. The van der Waals surface area contributed by atoms with Crippen LogP contribution in [-0.2, 0) is 13.2 Å². The van der Waals surface area contributed by atoms with Crippen molar-refractivity contribution in [1.29, 1.82) is 0 Å². The summed E-state index contributed by atoms with van der Waals surface area (Å²) < 4.78 is 14.9. The van der Waals surface area contributed by atoms with E-state index in [1.807, 2.05) is 46.6 Å². The highest BCUT2D eigenvalue weighted by Crippen LogP contribution is 2.22. The monoisotopic (exact) mass is 355 g/mol. The molecule has 0 N–H and O–H groups in total. The van der Waals surface area contributed by atoms with Crippen LogP contribution in [0.5, 0.6) is 11.5 Å². The Morgan fingerprint density at radius 3 is 2.54 bits per heavy atom. The summed E-state index contributed by atoms with van der Waals surface area (Å²) in [5, 5.41) is 9.22. The summed E-state index contributed by atoms with van der Waals surface area (Å²) in [6, 6.07) is 9.83. The predicted octanol–water partition coefficient (Wildman–Crippen LogP) is 3.64. The van der Waals surface area contributed by atoms with E-state index in [0.29, 0.717) is 11.9 Å². The predicted molar refractivity (Wildman–Crippen MR) is 99.4 cm³/mol. The molecule has 0 saturated carbocycles. The van der Waals surface area contributed by atoms with Crippen LogP contribution < -0.4 is 9.47 Å². The molecule has 138 valence electrons.